The summed E-state index contributed by atoms with van der Waals surface area (Å²) in [6.45, 7) is 4.61. The number of hydrogen-bond donors (Lipinski definition) is 1. The largest absolute Gasteiger partial charge is 0.478 e. The summed E-state index contributed by atoms with van der Waals surface area (Å²) in [5.41, 5.74) is 2.02. The van der Waals surface area contributed by atoms with Crippen LogP contribution in [0.2, 0.25) is 0 Å². The normalized spacial score (nSPS) is 19.4. The molecule has 0 amide bonds. The lowest BCUT2D eigenvalue weighted by molar-refractivity contribution is -0.131. The van der Waals surface area contributed by atoms with E-state index in [1.807, 2.05) is 31.2 Å². The van der Waals surface area contributed by atoms with Crippen LogP contribution in [-0.2, 0) is 9.53 Å². The van der Waals surface area contributed by atoms with Gasteiger partial charge in [-0.15, -0.1) is 0 Å². The van der Waals surface area contributed by atoms with Gasteiger partial charge in [-0.1, -0.05) is 18.2 Å². The highest BCUT2D eigenvalue weighted by Gasteiger charge is 2.21. The Labute approximate surface area is 119 Å². The number of carboxylic acids is 1. The Morgan fingerprint density at radius 2 is 2.30 bits per heavy atom. The number of para-hydroxylation sites is 1. The van der Waals surface area contributed by atoms with Crippen LogP contribution in [0.1, 0.15) is 25.3 Å². The fourth-order valence-corrected chi connectivity index (χ4v) is 2.61. The highest BCUT2D eigenvalue weighted by molar-refractivity contribution is 5.87. The number of anilines is 1. The predicted molar refractivity (Wildman–Crippen MR) is 80.0 cm³/mol. The number of hydrogen-bond acceptors (Lipinski definition) is 3. The molecule has 1 N–H and O–H groups in total. The molecular formula is C16H21NO3. The molecule has 0 aromatic heterocycles. The Bertz CT molecular complexity index is 482. The molecule has 1 saturated heterocycles. The lowest BCUT2D eigenvalue weighted by Gasteiger charge is -2.35. The first kappa shape index (κ1) is 14.6. The summed E-state index contributed by atoms with van der Waals surface area (Å²) >= 11 is 0. The number of nitrogens with zero attached hydrogens (tertiary/aromatic N) is 1. The molecule has 0 spiro atoms. The zero-order chi connectivity index (χ0) is 14.4. The molecule has 1 aromatic rings. The van der Waals surface area contributed by atoms with Gasteiger partial charge in [0.05, 0.1) is 6.10 Å². The highest BCUT2D eigenvalue weighted by atomic mass is 16.5. The van der Waals surface area contributed by atoms with E-state index in [0.29, 0.717) is 0 Å². The third-order valence-corrected chi connectivity index (χ3v) is 3.46. The Morgan fingerprint density at radius 3 is 3.05 bits per heavy atom. The second-order valence-electron chi connectivity index (χ2n) is 4.90. The minimum atomic E-state index is -0.925. The molecule has 1 aliphatic rings. The molecule has 1 unspecified atom stereocenters. The summed E-state index contributed by atoms with van der Waals surface area (Å²) in [6, 6.07) is 7.89. The van der Waals surface area contributed by atoms with Gasteiger partial charge in [0.15, 0.2) is 0 Å². The molecule has 0 radical (unpaired) electrons. The number of benzene rings is 1. The molecular weight excluding hydrogens is 254 g/mol. The average Bonchev–Trinajstić information content (AvgIpc) is 2.46. The smallest absolute Gasteiger partial charge is 0.328 e. The third-order valence-electron chi connectivity index (χ3n) is 3.46. The van der Waals surface area contributed by atoms with E-state index in [-0.39, 0.29) is 6.10 Å². The summed E-state index contributed by atoms with van der Waals surface area (Å²) in [7, 11) is 0. The van der Waals surface area contributed by atoms with Crippen molar-refractivity contribution in [1.82, 2.24) is 0 Å². The van der Waals surface area contributed by atoms with Crippen LogP contribution in [0.25, 0.3) is 6.08 Å². The zero-order valence-corrected chi connectivity index (χ0v) is 11.8. The summed E-state index contributed by atoms with van der Waals surface area (Å²) in [5, 5.41) is 8.77. The summed E-state index contributed by atoms with van der Waals surface area (Å²) in [5.74, 6) is -0.925. The van der Waals surface area contributed by atoms with Gasteiger partial charge in [0.1, 0.15) is 0 Å². The Kier molecular flexibility index (Phi) is 5.18. The molecule has 1 aromatic carbocycles. The number of rotatable bonds is 5. The van der Waals surface area contributed by atoms with Crippen LogP contribution < -0.4 is 4.90 Å². The molecule has 1 aliphatic heterocycles. The first-order valence-corrected chi connectivity index (χ1v) is 7.07. The van der Waals surface area contributed by atoms with Gasteiger partial charge < -0.3 is 14.7 Å². The van der Waals surface area contributed by atoms with E-state index in [1.54, 1.807) is 6.08 Å². The first-order valence-electron chi connectivity index (χ1n) is 7.07. The summed E-state index contributed by atoms with van der Waals surface area (Å²) in [4.78, 5) is 13.0. The van der Waals surface area contributed by atoms with Gasteiger partial charge in [-0.25, -0.2) is 4.79 Å². The SMILES string of the molecule is CCOC1CCCN(c2ccccc2C=CC(=O)O)C1. The van der Waals surface area contributed by atoms with Crippen LogP contribution >= 0.6 is 0 Å². The van der Waals surface area contributed by atoms with E-state index in [4.69, 9.17) is 9.84 Å². The van der Waals surface area contributed by atoms with Crippen molar-refractivity contribution in [3.05, 3.63) is 35.9 Å². The van der Waals surface area contributed by atoms with Crippen molar-refractivity contribution < 1.29 is 14.6 Å². The topological polar surface area (TPSA) is 49.8 Å². The molecule has 4 heteroatoms. The molecule has 0 bridgehead atoms. The molecule has 1 heterocycles. The van der Waals surface area contributed by atoms with Gasteiger partial charge in [0, 0.05) is 31.5 Å². The number of carboxylic acid groups (broad SMARTS) is 1. The van der Waals surface area contributed by atoms with Crippen LogP contribution in [0, 0.1) is 0 Å². The fraction of sp³-hybridized carbons (Fsp3) is 0.438. The quantitative estimate of drug-likeness (QED) is 0.839. The predicted octanol–water partition coefficient (Wildman–Crippen LogP) is 2.79. The molecule has 0 aliphatic carbocycles. The van der Waals surface area contributed by atoms with Gasteiger partial charge in [0.25, 0.3) is 0 Å². The highest BCUT2D eigenvalue weighted by Crippen LogP contribution is 2.26. The number of carbonyl (C=O) groups is 1. The molecule has 2 rings (SSSR count). The molecule has 1 atom stereocenters. The Hall–Kier alpha value is -1.81. The second-order valence-corrected chi connectivity index (χ2v) is 4.90. The summed E-state index contributed by atoms with van der Waals surface area (Å²) < 4.78 is 5.72. The second kappa shape index (κ2) is 7.10. The third kappa shape index (κ3) is 3.84. The van der Waals surface area contributed by atoms with Crippen molar-refractivity contribution >= 4 is 17.7 Å². The minimum absolute atomic E-state index is 0.269. The number of piperidine rings is 1. The number of aliphatic carboxylic acids is 1. The maximum Gasteiger partial charge on any atom is 0.328 e. The standard InChI is InChI=1S/C16H21NO3/c1-2-20-14-7-5-11-17(12-14)15-8-4-3-6-13(15)9-10-16(18)19/h3-4,6,8-10,14H,2,5,7,11-12H2,1H3,(H,18,19). The molecule has 4 nitrogen and oxygen atoms in total. The van der Waals surface area contributed by atoms with E-state index in [0.717, 1.165) is 43.8 Å². The lowest BCUT2D eigenvalue weighted by Crippen LogP contribution is -2.40. The van der Waals surface area contributed by atoms with Gasteiger partial charge in [-0.05, 0) is 37.5 Å². The van der Waals surface area contributed by atoms with Crippen molar-refractivity contribution in [3.63, 3.8) is 0 Å². The van der Waals surface area contributed by atoms with Crippen molar-refractivity contribution in [2.45, 2.75) is 25.9 Å². The van der Waals surface area contributed by atoms with Crippen LogP contribution in [0.3, 0.4) is 0 Å². The molecule has 108 valence electrons. The van der Waals surface area contributed by atoms with E-state index >= 15 is 0 Å². The van der Waals surface area contributed by atoms with Gasteiger partial charge in [-0.2, -0.15) is 0 Å². The lowest BCUT2D eigenvalue weighted by atomic mass is 10.0. The van der Waals surface area contributed by atoms with Gasteiger partial charge in [-0.3, -0.25) is 0 Å². The maximum atomic E-state index is 10.7. The Balaban J connectivity index is 2.17. The van der Waals surface area contributed by atoms with E-state index in [2.05, 4.69) is 4.90 Å². The zero-order valence-electron chi connectivity index (χ0n) is 11.8. The van der Waals surface area contributed by atoms with Crippen molar-refractivity contribution in [2.75, 3.05) is 24.6 Å². The van der Waals surface area contributed by atoms with Crippen LogP contribution in [0.15, 0.2) is 30.3 Å². The first-order chi connectivity index (χ1) is 9.70. The van der Waals surface area contributed by atoms with Crippen LogP contribution in [0.4, 0.5) is 5.69 Å². The van der Waals surface area contributed by atoms with Crippen LogP contribution in [-0.4, -0.2) is 36.9 Å². The van der Waals surface area contributed by atoms with Gasteiger partial charge in [0.2, 0.25) is 0 Å². The monoisotopic (exact) mass is 275 g/mol. The van der Waals surface area contributed by atoms with Crippen molar-refractivity contribution in [1.29, 1.82) is 0 Å². The number of ether oxygens (including phenoxy) is 1. The van der Waals surface area contributed by atoms with E-state index in [9.17, 15) is 4.79 Å². The fourth-order valence-electron chi connectivity index (χ4n) is 2.61. The minimum Gasteiger partial charge on any atom is -0.478 e. The molecule has 20 heavy (non-hydrogen) atoms. The van der Waals surface area contributed by atoms with Gasteiger partial charge >= 0.3 is 5.97 Å². The van der Waals surface area contributed by atoms with Crippen LogP contribution in [0.5, 0.6) is 0 Å². The van der Waals surface area contributed by atoms with Crippen molar-refractivity contribution in [3.8, 4) is 0 Å². The Morgan fingerprint density at radius 1 is 1.50 bits per heavy atom. The maximum absolute atomic E-state index is 10.7. The summed E-state index contributed by atoms with van der Waals surface area (Å²) in [6.07, 6.45) is 5.30. The van der Waals surface area contributed by atoms with E-state index < -0.39 is 5.97 Å². The average molecular weight is 275 g/mol. The van der Waals surface area contributed by atoms with Crippen molar-refractivity contribution in [2.24, 2.45) is 0 Å². The molecule has 1 fully saturated rings. The van der Waals surface area contributed by atoms with E-state index in [1.165, 1.54) is 6.08 Å². The molecule has 0 saturated carbocycles.